The molecule has 0 saturated carbocycles. The summed E-state index contributed by atoms with van der Waals surface area (Å²) in [6.07, 6.45) is 0. The molecule has 6 nitrogen and oxygen atoms in total. The smallest absolute Gasteiger partial charge is 0.234 e. The second kappa shape index (κ2) is 14.3. The Balaban J connectivity index is 0.988. The highest BCUT2D eigenvalue weighted by Gasteiger charge is 2.25. The van der Waals surface area contributed by atoms with Crippen LogP contribution in [0.25, 0.3) is 148 Å². The molecule has 11 aromatic carbocycles. The van der Waals surface area contributed by atoms with Crippen molar-refractivity contribution < 1.29 is 8.83 Å². The van der Waals surface area contributed by atoms with E-state index in [4.69, 9.17) is 15.4 Å². The lowest BCUT2D eigenvalue weighted by Crippen LogP contribution is -2.01. The van der Waals surface area contributed by atoms with E-state index in [1.165, 1.54) is 0 Å². The number of para-hydroxylation sites is 2. The summed E-state index contributed by atoms with van der Waals surface area (Å²) in [5, 5.41) is 24.0. The minimum absolute atomic E-state index is 0.445. The largest absolute Gasteiger partial charge is 0.456 e. The van der Waals surface area contributed by atoms with Crippen LogP contribution < -0.4 is 0 Å². The summed E-state index contributed by atoms with van der Waals surface area (Å²) in [6.45, 7) is 9.07. The number of hydrogen-bond donors (Lipinski definition) is 0. The van der Waals surface area contributed by atoms with Crippen LogP contribution in [0.3, 0.4) is 0 Å². The van der Waals surface area contributed by atoms with Crippen molar-refractivity contribution in [1.82, 2.24) is 9.13 Å². The number of nitrogens with zero attached hydrogens (tertiary/aromatic N) is 4. The zero-order valence-electron chi connectivity index (χ0n) is 37.2. The van der Waals surface area contributed by atoms with Crippen molar-refractivity contribution in [2.45, 2.75) is 0 Å². The van der Waals surface area contributed by atoms with Gasteiger partial charge < -0.3 is 18.0 Å². The Hall–Kier alpha value is -9.88. The Morgan fingerprint density at radius 3 is 1.21 bits per heavy atom. The van der Waals surface area contributed by atoms with Crippen molar-refractivity contribution in [1.29, 1.82) is 5.26 Å². The normalized spacial score (nSPS) is 12.0. The van der Waals surface area contributed by atoms with Gasteiger partial charge in [-0.25, -0.2) is 4.85 Å². The van der Waals surface area contributed by atoms with E-state index in [9.17, 15) is 5.26 Å². The molecule has 0 saturated heterocycles. The molecule has 0 amide bonds. The lowest BCUT2D eigenvalue weighted by molar-refractivity contribution is 0.668. The van der Waals surface area contributed by atoms with Gasteiger partial charge in [0.05, 0.1) is 51.6 Å². The molecule has 0 atom stereocenters. The molecule has 0 radical (unpaired) electrons. The van der Waals surface area contributed by atoms with E-state index in [-0.39, 0.29) is 0 Å². The maximum atomic E-state index is 10.9. The number of furan rings is 2. The lowest BCUT2D eigenvalue weighted by atomic mass is 9.99. The molecule has 15 aromatic rings. The molecule has 0 bridgehead atoms. The average molecular weight is 891 g/mol. The second-order valence-electron chi connectivity index (χ2n) is 18.2. The van der Waals surface area contributed by atoms with Gasteiger partial charge in [-0.15, -0.1) is 0 Å². The van der Waals surface area contributed by atoms with Crippen LogP contribution in [0.2, 0.25) is 0 Å². The van der Waals surface area contributed by atoms with Gasteiger partial charge in [0.25, 0.3) is 0 Å². The molecule has 0 aliphatic heterocycles. The predicted molar refractivity (Wildman–Crippen MR) is 287 cm³/mol. The molecule has 6 heteroatoms. The first kappa shape index (κ1) is 38.2. The Bertz CT molecular complexity index is 4580. The van der Waals surface area contributed by atoms with Gasteiger partial charge in [0.15, 0.2) is 0 Å². The minimum atomic E-state index is 0.445. The molecule has 0 unspecified atom stereocenters. The Morgan fingerprint density at radius 2 is 0.757 bits per heavy atom. The second-order valence-corrected chi connectivity index (χ2v) is 18.2. The Labute approximate surface area is 399 Å². The highest BCUT2D eigenvalue weighted by molar-refractivity contribution is 6.24. The molecule has 4 aromatic heterocycles. The third-order valence-electron chi connectivity index (χ3n) is 14.5. The van der Waals surface area contributed by atoms with Gasteiger partial charge >= 0.3 is 0 Å². The number of nitriles is 1. The van der Waals surface area contributed by atoms with Crippen LogP contribution >= 0.6 is 0 Å². The lowest BCUT2D eigenvalue weighted by Gasteiger charge is -2.17. The van der Waals surface area contributed by atoms with Gasteiger partial charge in [-0.3, -0.25) is 0 Å². The van der Waals surface area contributed by atoms with Crippen molar-refractivity contribution in [3.63, 3.8) is 0 Å². The molecular weight excluding hydrogens is 857 g/mol. The van der Waals surface area contributed by atoms with Crippen molar-refractivity contribution in [3.05, 3.63) is 223 Å². The number of aromatic nitrogens is 2. The number of fused-ring (bicyclic) bond motifs is 16. The monoisotopic (exact) mass is 890 g/mol. The van der Waals surface area contributed by atoms with Gasteiger partial charge in [-0.2, -0.15) is 5.26 Å². The van der Waals surface area contributed by atoms with Crippen molar-refractivity contribution in [3.8, 4) is 39.7 Å². The maximum Gasteiger partial charge on any atom is 0.234 e. The third kappa shape index (κ3) is 5.36. The Morgan fingerprint density at radius 1 is 0.371 bits per heavy atom. The number of rotatable bonds is 4. The molecule has 0 N–H and O–H groups in total. The molecule has 0 aliphatic rings. The van der Waals surface area contributed by atoms with Crippen LogP contribution in [0.15, 0.2) is 215 Å². The molecule has 4 heterocycles. The average Bonchev–Trinajstić information content (AvgIpc) is 4.17. The van der Waals surface area contributed by atoms with Crippen LogP contribution in [0.1, 0.15) is 5.56 Å². The van der Waals surface area contributed by atoms with E-state index >= 15 is 0 Å². The molecule has 322 valence electrons. The van der Waals surface area contributed by atoms with Gasteiger partial charge in [0, 0.05) is 43.1 Å². The van der Waals surface area contributed by atoms with Gasteiger partial charge in [0.2, 0.25) is 5.69 Å². The van der Waals surface area contributed by atoms with Crippen LogP contribution in [-0.2, 0) is 0 Å². The quantitative estimate of drug-likeness (QED) is 0.165. The number of benzene rings is 11. The summed E-state index contributed by atoms with van der Waals surface area (Å²) in [6, 6.07) is 74.2. The summed E-state index contributed by atoms with van der Waals surface area (Å²) in [4.78, 5) is 4.42. The van der Waals surface area contributed by atoms with E-state index < -0.39 is 0 Å². The van der Waals surface area contributed by atoms with Gasteiger partial charge in [-0.05, 0) is 129 Å². The van der Waals surface area contributed by atoms with Crippen molar-refractivity contribution in [2.24, 2.45) is 0 Å². The molecule has 0 aliphatic carbocycles. The van der Waals surface area contributed by atoms with Gasteiger partial charge in [-0.1, -0.05) is 121 Å². The van der Waals surface area contributed by atoms with E-state index in [1.807, 2.05) is 48.5 Å². The maximum absolute atomic E-state index is 10.9. The number of hydrogen-bond acceptors (Lipinski definition) is 3. The fourth-order valence-corrected chi connectivity index (χ4v) is 11.4. The minimum Gasteiger partial charge on any atom is -0.456 e. The van der Waals surface area contributed by atoms with Crippen molar-refractivity contribution >= 4 is 115 Å². The molecule has 70 heavy (non-hydrogen) atoms. The van der Waals surface area contributed by atoms with Crippen LogP contribution in [-0.4, -0.2) is 9.13 Å². The summed E-state index contributed by atoms with van der Waals surface area (Å²) < 4.78 is 16.8. The first-order chi connectivity index (χ1) is 34.6. The first-order valence-electron chi connectivity index (χ1n) is 23.3. The highest BCUT2D eigenvalue weighted by Crippen LogP contribution is 2.46. The van der Waals surface area contributed by atoms with E-state index in [0.717, 1.165) is 131 Å². The van der Waals surface area contributed by atoms with E-state index in [2.05, 4.69) is 178 Å². The van der Waals surface area contributed by atoms with E-state index in [0.29, 0.717) is 22.6 Å². The highest BCUT2D eigenvalue weighted by atomic mass is 16.3. The summed E-state index contributed by atoms with van der Waals surface area (Å²) in [5.41, 5.74) is 13.7. The molecule has 15 rings (SSSR count). The fraction of sp³-hybridized carbons (Fsp3) is 0. The Kier molecular flexibility index (Phi) is 7.82. The summed E-state index contributed by atoms with van der Waals surface area (Å²) in [5.74, 6) is 0. The summed E-state index contributed by atoms with van der Waals surface area (Å²) in [7, 11) is 0. The SMILES string of the molecule is [C-]#[N+]c1c(-n2c3ccc(-c4ccc5oc6ccccc6c5c4)cc3c3c4ccccc4ccc32)cc(C#N)cc1-n1c2ccc(-c3ccc4oc5ccccc5c4c3)cc2c2c3ccccc3ccc21. The zero-order valence-corrected chi connectivity index (χ0v) is 37.2. The third-order valence-corrected chi connectivity index (χ3v) is 14.5. The first-order valence-corrected chi connectivity index (χ1v) is 23.3. The van der Waals surface area contributed by atoms with Crippen molar-refractivity contribution in [2.75, 3.05) is 0 Å². The van der Waals surface area contributed by atoms with Gasteiger partial charge in [0.1, 0.15) is 22.3 Å². The zero-order chi connectivity index (χ0) is 46.2. The van der Waals surface area contributed by atoms with Crippen LogP contribution in [0.5, 0.6) is 0 Å². The molecule has 0 fully saturated rings. The van der Waals surface area contributed by atoms with Crippen LogP contribution in [0.4, 0.5) is 5.69 Å². The topological polar surface area (TPSA) is 64.3 Å². The van der Waals surface area contributed by atoms with E-state index in [1.54, 1.807) is 0 Å². The molecule has 0 spiro atoms. The standard InChI is InChI=1S/C64H34N4O2/c1-66-64-56(67-52-24-20-40(34-50(52)62-44-12-4-2-10-38(44)18-26-54(62)67)42-22-28-60-48(32-42)46-14-6-8-16-58(46)69-60)30-37(36-65)31-57(64)68-53-25-21-41(35-51(53)63-45-13-5-3-11-39(45)19-27-55(63)68)43-23-29-61-49(33-43)47-15-7-9-17-59(47)70-61/h2-35H. The summed E-state index contributed by atoms with van der Waals surface area (Å²) >= 11 is 0. The molecular formula is C64H34N4O2. The predicted octanol–water partition coefficient (Wildman–Crippen LogP) is 17.7. The van der Waals surface area contributed by atoms with Crippen LogP contribution in [0, 0.1) is 17.9 Å². The fourth-order valence-electron chi connectivity index (χ4n) is 11.4.